The number of likely N-dealkylation sites (tertiary alicyclic amines) is 1. The molecular weight excluding hydrogens is 338 g/mol. The molecule has 5 nitrogen and oxygen atoms in total. The lowest BCUT2D eigenvalue weighted by atomic mass is 10.0. The molecule has 1 aromatic carbocycles. The lowest BCUT2D eigenvalue weighted by Crippen LogP contribution is -2.28. The topological polar surface area (TPSA) is 51.4 Å². The fourth-order valence-corrected chi connectivity index (χ4v) is 3.76. The number of aromatic nitrogens is 2. The zero-order chi connectivity index (χ0) is 18.5. The zero-order valence-corrected chi connectivity index (χ0v) is 15.7. The van der Waals surface area contributed by atoms with Crippen LogP contribution >= 0.6 is 0 Å². The third kappa shape index (κ3) is 4.19. The Labute approximate surface area is 160 Å². The monoisotopic (exact) mass is 363 g/mol. The van der Waals surface area contributed by atoms with Crippen molar-refractivity contribution in [2.45, 2.75) is 38.3 Å². The van der Waals surface area contributed by atoms with Crippen molar-refractivity contribution in [3.05, 3.63) is 66.1 Å². The van der Waals surface area contributed by atoms with Crippen molar-refractivity contribution in [1.82, 2.24) is 15.0 Å². The van der Waals surface area contributed by atoms with Crippen LogP contribution < -0.4 is 4.74 Å². The molecule has 1 saturated heterocycles. The normalized spacial score (nSPS) is 18.2. The Morgan fingerprint density at radius 3 is 2.81 bits per heavy atom. The van der Waals surface area contributed by atoms with Crippen LogP contribution in [0, 0.1) is 0 Å². The molecule has 4 rings (SSSR count). The molecule has 0 radical (unpaired) electrons. The van der Waals surface area contributed by atoms with Gasteiger partial charge in [-0.25, -0.2) is 0 Å². The van der Waals surface area contributed by atoms with Crippen LogP contribution in [-0.2, 0) is 6.54 Å². The Kier molecular flexibility index (Phi) is 5.49. The number of methoxy groups -OCH3 is 1. The molecule has 0 saturated carbocycles. The van der Waals surface area contributed by atoms with Gasteiger partial charge in [-0.05, 0) is 55.3 Å². The molecule has 140 valence electrons. The molecule has 1 atom stereocenters. The highest BCUT2D eigenvalue weighted by atomic mass is 16.5. The summed E-state index contributed by atoms with van der Waals surface area (Å²) in [6, 6.07) is 14.4. The Morgan fingerprint density at radius 2 is 2.04 bits per heavy atom. The van der Waals surface area contributed by atoms with Crippen molar-refractivity contribution in [3.8, 4) is 17.1 Å². The van der Waals surface area contributed by atoms with Crippen molar-refractivity contribution >= 4 is 0 Å². The molecular formula is C22H25N3O2. The second-order valence-corrected chi connectivity index (χ2v) is 7.04. The Morgan fingerprint density at radius 1 is 1.15 bits per heavy atom. The first kappa shape index (κ1) is 17.7. The van der Waals surface area contributed by atoms with Gasteiger partial charge in [-0.2, -0.15) is 0 Å². The summed E-state index contributed by atoms with van der Waals surface area (Å²) >= 11 is 0. The predicted molar refractivity (Wildman–Crippen MR) is 104 cm³/mol. The van der Waals surface area contributed by atoms with E-state index in [1.54, 1.807) is 7.11 Å². The first-order chi connectivity index (χ1) is 13.3. The van der Waals surface area contributed by atoms with Gasteiger partial charge in [-0.15, -0.1) is 0 Å². The summed E-state index contributed by atoms with van der Waals surface area (Å²) in [5.41, 5.74) is 3.27. The van der Waals surface area contributed by atoms with E-state index in [1.807, 2.05) is 42.7 Å². The minimum absolute atomic E-state index is 0.281. The number of rotatable bonds is 5. The van der Waals surface area contributed by atoms with Crippen LogP contribution in [0.15, 0.2) is 59.4 Å². The number of hydrogen-bond donors (Lipinski definition) is 0. The fraction of sp³-hybridized carbons (Fsp3) is 0.364. The average Bonchev–Trinajstić information content (AvgIpc) is 3.10. The van der Waals surface area contributed by atoms with E-state index in [1.165, 1.54) is 24.8 Å². The van der Waals surface area contributed by atoms with E-state index in [2.05, 4.69) is 27.2 Å². The molecule has 2 aromatic heterocycles. The molecule has 0 aliphatic carbocycles. The van der Waals surface area contributed by atoms with Gasteiger partial charge in [0, 0.05) is 30.6 Å². The van der Waals surface area contributed by atoms with E-state index in [0.717, 1.165) is 42.3 Å². The van der Waals surface area contributed by atoms with Gasteiger partial charge in [0.05, 0.1) is 13.2 Å². The van der Waals surface area contributed by atoms with Crippen molar-refractivity contribution in [2.75, 3.05) is 13.7 Å². The summed E-state index contributed by atoms with van der Waals surface area (Å²) < 4.78 is 10.9. The summed E-state index contributed by atoms with van der Waals surface area (Å²) in [5, 5.41) is 4.43. The minimum Gasteiger partial charge on any atom is -0.497 e. The highest BCUT2D eigenvalue weighted by molar-refractivity contribution is 5.58. The lowest BCUT2D eigenvalue weighted by Gasteiger charge is -2.28. The largest absolute Gasteiger partial charge is 0.497 e. The van der Waals surface area contributed by atoms with Crippen LogP contribution in [0.25, 0.3) is 11.3 Å². The molecule has 0 unspecified atom stereocenters. The number of benzene rings is 1. The van der Waals surface area contributed by atoms with Gasteiger partial charge in [0.15, 0.2) is 5.76 Å². The minimum atomic E-state index is 0.281. The van der Waals surface area contributed by atoms with E-state index in [9.17, 15) is 0 Å². The van der Waals surface area contributed by atoms with Crippen molar-refractivity contribution < 1.29 is 9.26 Å². The molecule has 0 bridgehead atoms. The summed E-state index contributed by atoms with van der Waals surface area (Å²) in [7, 11) is 1.67. The molecule has 1 fully saturated rings. The highest BCUT2D eigenvalue weighted by Crippen LogP contribution is 2.33. The van der Waals surface area contributed by atoms with Crippen LogP contribution in [0.1, 0.15) is 43.0 Å². The molecule has 27 heavy (non-hydrogen) atoms. The van der Waals surface area contributed by atoms with Crippen LogP contribution in [-0.4, -0.2) is 28.7 Å². The van der Waals surface area contributed by atoms with Gasteiger partial charge in [0.2, 0.25) is 0 Å². The van der Waals surface area contributed by atoms with Crippen molar-refractivity contribution in [3.63, 3.8) is 0 Å². The standard InChI is InChI=1S/C22H25N3O2/c1-26-19-10-8-18(9-11-19)22-14-20(24-27-22)21-7-3-2-4-13-25(21)16-17-6-5-12-23-15-17/h5-6,8-12,14-15,21H,2-4,7,13,16H2,1H3/t21-/m0/s1. The molecule has 3 heterocycles. The van der Waals surface area contributed by atoms with E-state index in [4.69, 9.17) is 9.26 Å². The highest BCUT2D eigenvalue weighted by Gasteiger charge is 2.26. The maximum atomic E-state index is 5.69. The average molecular weight is 363 g/mol. The molecule has 5 heteroatoms. The van der Waals surface area contributed by atoms with Crippen molar-refractivity contribution in [2.24, 2.45) is 0 Å². The van der Waals surface area contributed by atoms with Crippen LogP contribution in [0.5, 0.6) is 5.75 Å². The van der Waals surface area contributed by atoms with Gasteiger partial charge < -0.3 is 9.26 Å². The van der Waals surface area contributed by atoms with Gasteiger partial charge in [-0.1, -0.05) is 24.1 Å². The summed E-state index contributed by atoms with van der Waals surface area (Å²) in [5.74, 6) is 1.64. The number of pyridine rings is 1. The molecule has 1 aliphatic heterocycles. The first-order valence-electron chi connectivity index (χ1n) is 9.57. The summed E-state index contributed by atoms with van der Waals surface area (Å²) in [4.78, 5) is 6.77. The van der Waals surface area contributed by atoms with E-state index < -0.39 is 0 Å². The summed E-state index contributed by atoms with van der Waals surface area (Å²) in [6.07, 6.45) is 8.59. The van der Waals surface area contributed by atoms with Gasteiger partial charge in [0.25, 0.3) is 0 Å². The molecule has 3 aromatic rings. The Balaban J connectivity index is 1.56. The van der Waals surface area contributed by atoms with E-state index in [0.29, 0.717) is 0 Å². The maximum Gasteiger partial charge on any atom is 0.167 e. The van der Waals surface area contributed by atoms with Crippen molar-refractivity contribution in [1.29, 1.82) is 0 Å². The Hall–Kier alpha value is -2.66. The first-order valence-corrected chi connectivity index (χ1v) is 9.57. The van der Waals surface area contributed by atoms with E-state index in [-0.39, 0.29) is 6.04 Å². The third-order valence-corrected chi connectivity index (χ3v) is 5.22. The molecule has 1 aliphatic rings. The molecule has 0 amide bonds. The zero-order valence-electron chi connectivity index (χ0n) is 15.7. The molecule has 0 N–H and O–H groups in total. The lowest BCUT2D eigenvalue weighted by molar-refractivity contribution is 0.184. The predicted octanol–water partition coefficient (Wildman–Crippen LogP) is 4.86. The molecule has 0 spiro atoms. The van der Waals surface area contributed by atoms with E-state index >= 15 is 0 Å². The second kappa shape index (κ2) is 8.35. The second-order valence-electron chi connectivity index (χ2n) is 7.04. The van der Waals surface area contributed by atoms with Crippen LogP contribution in [0.4, 0.5) is 0 Å². The third-order valence-electron chi connectivity index (χ3n) is 5.22. The number of hydrogen-bond acceptors (Lipinski definition) is 5. The van der Waals surface area contributed by atoms with Crippen LogP contribution in [0.3, 0.4) is 0 Å². The van der Waals surface area contributed by atoms with Crippen LogP contribution in [0.2, 0.25) is 0 Å². The van der Waals surface area contributed by atoms with Gasteiger partial charge in [-0.3, -0.25) is 9.88 Å². The fourth-order valence-electron chi connectivity index (χ4n) is 3.76. The Bertz CT molecular complexity index is 846. The SMILES string of the molecule is COc1ccc(-c2cc([C@@H]3CCCCCN3Cc3cccnc3)no2)cc1. The summed E-state index contributed by atoms with van der Waals surface area (Å²) in [6.45, 7) is 1.97. The van der Waals surface area contributed by atoms with Gasteiger partial charge in [0.1, 0.15) is 11.4 Å². The smallest absolute Gasteiger partial charge is 0.167 e. The van der Waals surface area contributed by atoms with Gasteiger partial charge >= 0.3 is 0 Å². The quantitative estimate of drug-likeness (QED) is 0.648. The number of ether oxygens (including phenoxy) is 1. The maximum absolute atomic E-state index is 5.69. The number of nitrogens with zero attached hydrogens (tertiary/aromatic N) is 3.